The van der Waals surface area contributed by atoms with E-state index >= 15 is 0 Å². The fourth-order valence-electron chi connectivity index (χ4n) is 2.88. The molecule has 25 heavy (non-hydrogen) atoms. The van der Waals surface area contributed by atoms with Gasteiger partial charge in [-0.15, -0.1) is 0 Å². The Hall–Kier alpha value is -2.69. The van der Waals surface area contributed by atoms with Crippen molar-refractivity contribution in [2.45, 2.75) is 19.9 Å². The van der Waals surface area contributed by atoms with Crippen LogP contribution >= 0.6 is 0 Å². The molecule has 0 amide bonds. The molecule has 0 bridgehead atoms. The molecule has 2 heterocycles. The van der Waals surface area contributed by atoms with Crippen molar-refractivity contribution in [2.75, 3.05) is 20.1 Å². The Labute approximate surface area is 149 Å². The zero-order valence-electron chi connectivity index (χ0n) is 15.2. The molecule has 5 nitrogen and oxygen atoms in total. The number of hydrogen-bond acceptors (Lipinski definition) is 2. The summed E-state index contributed by atoms with van der Waals surface area (Å²) in [4.78, 5) is 6.90. The average Bonchev–Trinajstić information content (AvgIpc) is 3.20. The first kappa shape index (κ1) is 17.1. The summed E-state index contributed by atoms with van der Waals surface area (Å²) in [6, 6.07) is 14.4. The molecule has 1 N–H and O–H groups in total. The van der Waals surface area contributed by atoms with Crippen molar-refractivity contribution in [3.8, 4) is 0 Å². The van der Waals surface area contributed by atoms with Gasteiger partial charge in [0.25, 0.3) is 0 Å². The lowest BCUT2D eigenvalue weighted by molar-refractivity contribution is 0.461. The molecule has 0 aliphatic heterocycles. The predicted molar refractivity (Wildman–Crippen MR) is 103 cm³/mol. The summed E-state index contributed by atoms with van der Waals surface area (Å²) in [5.74, 6) is 1.89. The number of hydrogen-bond donors (Lipinski definition) is 1. The molecule has 0 unspecified atom stereocenters. The van der Waals surface area contributed by atoms with E-state index in [1.54, 1.807) is 0 Å². The number of aromatic nitrogens is 1. The summed E-state index contributed by atoms with van der Waals surface area (Å²) in [7, 11) is 4.13. The Bertz CT molecular complexity index is 813. The van der Waals surface area contributed by atoms with Crippen LogP contribution in [0.2, 0.25) is 0 Å². The quantitative estimate of drug-likeness (QED) is 0.553. The maximum Gasteiger partial charge on any atom is 0.194 e. The third kappa shape index (κ3) is 4.24. The van der Waals surface area contributed by atoms with E-state index in [2.05, 4.69) is 66.3 Å². The molecule has 0 aliphatic rings. The molecule has 0 saturated heterocycles. The average molecular weight is 338 g/mol. The van der Waals surface area contributed by atoms with E-state index in [1.807, 2.05) is 18.2 Å². The monoisotopic (exact) mass is 338 g/mol. The highest BCUT2D eigenvalue weighted by atomic mass is 16.3. The highest BCUT2D eigenvalue weighted by Gasteiger charge is 2.08. The van der Waals surface area contributed by atoms with Crippen molar-refractivity contribution in [2.24, 2.45) is 12.0 Å². The summed E-state index contributed by atoms with van der Waals surface area (Å²) in [5, 5.41) is 4.51. The number of para-hydroxylation sites is 1. The molecule has 132 valence electrons. The van der Waals surface area contributed by atoms with Crippen LogP contribution in [0.4, 0.5) is 0 Å². The highest BCUT2D eigenvalue weighted by Crippen LogP contribution is 2.19. The van der Waals surface area contributed by atoms with Gasteiger partial charge in [0.15, 0.2) is 5.96 Å². The van der Waals surface area contributed by atoms with Crippen LogP contribution in [-0.4, -0.2) is 35.6 Å². The first-order valence-corrected chi connectivity index (χ1v) is 8.74. The first-order valence-electron chi connectivity index (χ1n) is 8.74. The molecular weight excluding hydrogens is 312 g/mol. The smallest absolute Gasteiger partial charge is 0.194 e. The van der Waals surface area contributed by atoms with Gasteiger partial charge in [0.1, 0.15) is 11.3 Å². The van der Waals surface area contributed by atoms with Gasteiger partial charge in [-0.3, -0.25) is 4.99 Å². The van der Waals surface area contributed by atoms with E-state index < -0.39 is 0 Å². The molecule has 0 saturated carbocycles. The minimum absolute atomic E-state index is 0.694. The van der Waals surface area contributed by atoms with E-state index in [9.17, 15) is 0 Å². The lowest BCUT2D eigenvalue weighted by atomic mass is 10.2. The first-order chi connectivity index (χ1) is 12.2. The topological polar surface area (TPSA) is 45.7 Å². The Morgan fingerprint density at radius 2 is 2.08 bits per heavy atom. The van der Waals surface area contributed by atoms with Crippen molar-refractivity contribution in [1.82, 2.24) is 14.8 Å². The van der Waals surface area contributed by atoms with Crippen LogP contribution in [0.5, 0.6) is 0 Å². The van der Waals surface area contributed by atoms with Crippen molar-refractivity contribution >= 4 is 16.9 Å². The summed E-state index contributed by atoms with van der Waals surface area (Å²) < 4.78 is 8.00. The Morgan fingerprint density at radius 1 is 1.24 bits per heavy atom. The molecule has 1 aromatic carbocycles. The molecule has 5 heteroatoms. The van der Waals surface area contributed by atoms with Crippen molar-refractivity contribution < 1.29 is 4.42 Å². The minimum Gasteiger partial charge on any atom is -0.461 e. The number of furan rings is 1. The zero-order valence-corrected chi connectivity index (χ0v) is 15.2. The Kier molecular flexibility index (Phi) is 5.43. The molecule has 3 aromatic rings. The Balaban J connectivity index is 1.64. The van der Waals surface area contributed by atoms with Crippen molar-refractivity contribution in [1.29, 1.82) is 0 Å². The zero-order chi connectivity index (χ0) is 17.6. The van der Waals surface area contributed by atoms with Crippen LogP contribution in [0.3, 0.4) is 0 Å². The summed E-state index contributed by atoms with van der Waals surface area (Å²) in [6.07, 6.45) is 2.86. The molecule has 0 spiro atoms. The van der Waals surface area contributed by atoms with Gasteiger partial charge in [-0.25, -0.2) is 0 Å². The van der Waals surface area contributed by atoms with Crippen LogP contribution in [0.1, 0.15) is 18.4 Å². The van der Waals surface area contributed by atoms with Crippen molar-refractivity contribution in [3.05, 3.63) is 60.1 Å². The molecule has 0 radical (unpaired) electrons. The van der Waals surface area contributed by atoms with E-state index in [0.717, 1.165) is 42.2 Å². The second-order valence-electron chi connectivity index (χ2n) is 6.20. The second-order valence-corrected chi connectivity index (χ2v) is 6.20. The number of guanidine groups is 1. The normalized spacial score (nSPS) is 11.9. The van der Waals surface area contributed by atoms with Gasteiger partial charge in [0.2, 0.25) is 0 Å². The van der Waals surface area contributed by atoms with Crippen molar-refractivity contribution in [3.63, 3.8) is 0 Å². The van der Waals surface area contributed by atoms with E-state index in [1.165, 1.54) is 5.69 Å². The lowest BCUT2D eigenvalue weighted by Crippen LogP contribution is -2.39. The van der Waals surface area contributed by atoms with Crippen LogP contribution in [0.25, 0.3) is 11.0 Å². The van der Waals surface area contributed by atoms with Gasteiger partial charge in [-0.1, -0.05) is 18.2 Å². The van der Waals surface area contributed by atoms with E-state index in [0.29, 0.717) is 6.54 Å². The van der Waals surface area contributed by atoms with E-state index in [-0.39, 0.29) is 0 Å². The largest absolute Gasteiger partial charge is 0.461 e. The highest BCUT2D eigenvalue weighted by molar-refractivity contribution is 5.80. The summed E-state index contributed by atoms with van der Waals surface area (Å²) in [5.41, 5.74) is 2.19. The number of benzene rings is 1. The van der Waals surface area contributed by atoms with Gasteiger partial charge in [-0.2, -0.15) is 0 Å². The van der Waals surface area contributed by atoms with Gasteiger partial charge < -0.3 is 19.2 Å². The lowest BCUT2D eigenvalue weighted by Gasteiger charge is -2.22. The van der Waals surface area contributed by atoms with Gasteiger partial charge in [0.05, 0.1) is 6.54 Å². The number of fused-ring (bicyclic) bond motifs is 1. The van der Waals surface area contributed by atoms with E-state index in [4.69, 9.17) is 9.41 Å². The SMILES string of the molecule is CCNC(=NCCc1cc2ccccc2o1)N(C)Cc1cccn1C. The third-order valence-electron chi connectivity index (χ3n) is 4.24. The van der Waals surface area contributed by atoms with Crippen LogP contribution in [0.15, 0.2) is 58.1 Å². The minimum atomic E-state index is 0.694. The molecule has 3 rings (SSSR count). The van der Waals surface area contributed by atoms with Crippen LogP contribution in [0, 0.1) is 0 Å². The fourth-order valence-corrected chi connectivity index (χ4v) is 2.88. The summed E-state index contributed by atoms with van der Waals surface area (Å²) >= 11 is 0. The van der Waals surface area contributed by atoms with Gasteiger partial charge >= 0.3 is 0 Å². The Morgan fingerprint density at radius 3 is 2.80 bits per heavy atom. The number of rotatable bonds is 6. The standard InChI is InChI=1S/C20H26N4O/c1-4-21-20(24(3)15-17-9-7-13-23(17)2)22-12-11-18-14-16-8-5-6-10-19(16)25-18/h5-10,13-14H,4,11-12,15H2,1-3H3,(H,21,22). The summed E-state index contributed by atoms with van der Waals surface area (Å²) in [6.45, 7) is 4.45. The maximum absolute atomic E-state index is 5.86. The van der Waals surface area contributed by atoms with Gasteiger partial charge in [0, 0.05) is 50.9 Å². The number of aliphatic imine (C=N–C) groups is 1. The maximum atomic E-state index is 5.86. The number of nitrogens with one attached hydrogen (secondary N) is 1. The predicted octanol–water partition coefficient (Wildman–Crippen LogP) is 3.41. The second kappa shape index (κ2) is 7.92. The third-order valence-corrected chi connectivity index (χ3v) is 4.24. The number of nitrogens with zero attached hydrogens (tertiary/aromatic N) is 3. The molecule has 0 fully saturated rings. The molecular formula is C20H26N4O. The van der Waals surface area contributed by atoms with Crippen LogP contribution in [-0.2, 0) is 20.0 Å². The molecule has 0 aliphatic carbocycles. The number of aryl methyl sites for hydroxylation is 1. The fraction of sp³-hybridized carbons (Fsp3) is 0.350. The van der Waals surface area contributed by atoms with Crippen LogP contribution < -0.4 is 5.32 Å². The van der Waals surface area contributed by atoms with Gasteiger partial charge in [-0.05, 0) is 31.2 Å². The molecule has 0 atom stereocenters. The molecule has 2 aromatic heterocycles.